The molecule has 0 aromatic heterocycles. The first kappa shape index (κ1) is 15.8. The molecule has 110 valence electrons. The molecule has 0 aromatic carbocycles. The topological polar surface area (TPSA) is 64.1 Å². The molecule has 1 saturated heterocycles. The number of carbonyl (C=O) groups is 2. The molecule has 1 rings (SSSR count). The van der Waals surface area contributed by atoms with Gasteiger partial charge < -0.3 is 14.9 Å². The highest BCUT2D eigenvalue weighted by Crippen LogP contribution is 2.07. The fourth-order valence-electron chi connectivity index (χ4n) is 2.30. The zero-order valence-corrected chi connectivity index (χ0v) is 12.0. The number of aliphatic carboxylic acids is 1. The van der Waals surface area contributed by atoms with Crippen LogP contribution < -0.4 is 0 Å². The highest BCUT2D eigenvalue weighted by atomic mass is 16.4. The fourth-order valence-corrected chi connectivity index (χ4v) is 2.30. The second-order valence-corrected chi connectivity index (χ2v) is 4.83. The normalized spacial score (nSPS) is 16.4. The molecule has 1 fully saturated rings. The number of carboxylic acids is 1. The van der Waals surface area contributed by atoms with Gasteiger partial charge in [0.05, 0.1) is 6.42 Å². The summed E-state index contributed by atoms with van der Waals surface area (Å²) >= 11 is 0. The maximum Gasteiger partial charge on any atom is 0.320 e. The lowest BCUT2D eigenvalue weighted by Crippen LogP contribution is -2.53. The number of hydrogen-bond donors (Lipinski definition) is 1. The van der Waals surface area contributed by atoms with Gasteiger partial charge in [-0.05, 0) is 19.9 Å². The third-order valence-electron chi connectivity index (χ3n) is 3.43. The lowest BCUT2D eigenvalue weighted by atomic mass is 10.3. The molecule has 0 bridgehead atoms. The number of rotatable bonds is 6. The first-order valence-corrected chi connectivity index (χ1v) is 7.06. The Bertz CT molecular complexity index is 302. The van der Waals surface area contributed by atoms with Gasteiger partial charge >= 0.3 is 12.0 Å². The Labute approximate surface area is 115 Å². The van der Waals surface area contributed by atoms with Crippen LogP contribution >= 0.6 is 0 Å². The molecule has 19 heavy (non-hydrogen) atoms. The van der Waals surface area contributed by atoms with Crippen molar-refractivity contribution in [2.45, 2.75) is 26.7 Å². The molecule has 0 aromatic rings. The van der Waals surface area contributed by atoms with Crippen LogP contribution in [-0.4, -0.2) is 77.6 Å². The summed E-state index contributed by atoms with van der Waals surface area (Å²) in [5, 5.41) is 8.69. The molecule has 0 unspecified atom stereocenters. The van der Waals surface area contributed by atoms with Gasteiger partial charge in [0.1, 0.15) is 0 Å². The third kappa shape index (κ3) is 5.06. The van der Waals surface area contributed by atoms with Crippen LogP contribution in [0, 0.1) is 0 Å². The van der Waals surface area contributed by atoms with Crippen molar-refractivity contribution in [1.29, 1.82) is 0 Å². The molecule has 0 atom stereocenters. The van der Waals surface area contributed by atoms with E-state index in [1.807, 2.05) is 11.8 Å². The summed E-state index contributed by atoms with van der Waals surface area (Å²) < 4.78 is 0. The number of amides is 2. The van der Waals surface area contributed by atoms with E-state index in [9.17, 15) is 9.59 Å². The number of piperazine rings is 1. The average molecular weight is 271 g/mol. The first-order valence-electron chi connectivity index (χ1n) is 7.06. The number of nitrogens with zero attached hydrogens (tertiary/aromatic N) is 3. The Balaban J connectivity index is 2.41. The van der Waals surface area contributed by atoms with E-state index >= 15 is 0 Å². The Kier molecular flexibility index (Phi) is 6.62. The first-order chi connectivity index (χ1) is 9.08. The third-order valence-corrected chi connectivity index (χ3v) is 3.43. The Morgan fingerprint density at radius 2 is 1.79 bits per heavy atom. The van der Waals surface area contributed by atoms with E-state index < -0.39 is 5.97 Å². The fraction of sp³-hybridized carbons (Fsp3) is 0.846. The molecule has 1 aliphatic heterocycles. The molecule has 0 radical (unpaired) electrons. The van der Waals surface area contributed by atoms with Crippen molar-refractivity contribution < 1.29 is 14.7 Å². The van der Waals surface area contributed by atoms with Gasteiger partial charge in [0, 0.05) is 39.3 Å². The van der Waals surface area contributed by atoms with E-state index in [0.717, 1.165) is 39.1 Å². The summed E-state index contributed by atoms with van der Waals surface area (Å²) in [6, 6.07) is -0.0279. The number of carbonyl (C=O) groups excluding carboxylic acids is 1. The second-order valence-electron chi connectivity index (χ2n) is 4.83. The maximum atomic E-state index is 12.2. The van der Waals surface area contributed by atoms with E-state index in [-0.39, 0.29) is 12.5 Å². The lowest BCUT2D eigenvalue weighted by molar-refractivity contribution is -0.137. The zero-order chi connectivity index (χ0) is 14.3. The zero-order valence-electron chi connectivity index (χ0n) is 12.0. The molecule has 1 heterocycles. The lowest BCUT2D eigenvalue weighted by Gasteiger charge is -2.37. The van der Waals surface area contributed by atoms with E-state index in [2.05, 4.69) is 11.8 Å². The van der Waals surface area contributed by atoms with Crippen LogP contribution in [0.4, 0.5) is 4.79 Å². The highest BCUT2D eigenvalue weighted by molar-refractivity contribution is 5.75. The summed E-state index contributed by atoms with van der Waals surface area (Å²) in [6.07, 6.45) is 1.14. The SMILES string of the molecule is CCCN1CCN(C(=O)N(CC)CCC(=O)O)CC1. The maximum absolute atomic E-state index is 12.2. The minimum absolute atomic E-state index is 0.00931. The highest BCUT2D eigenvalue weighted by Gasteiger charge is 2.24. The van der Waals surface area contributed by atoms with Crippen molar-refractivity contribution in [3.63, 3.8) is 0 Å². The van der Waals surface area contributed by atoms with Crippen molar-refractivity contribution >= 4 is 12.0 Å². The molecule has 2 amide bonds. The predicted octanol–water partition coefficient (Wildman–Crippen LogP) is 0.931. The summed E-state index contributed by atoms with van der Waals surface area (Å²) in [7, 11) is 0. The van der Waals surface area contributed by atoms with Crippen molar-refractivity contribution in [3.05, 3.63) is 0 Å². The van der Waals surface area contributed by atoms with Crippen LogP contribution in [0.5, 0.6) is 0 Å². The van der Waals surface area contributed by atoms with Crippen molar-refractivity contribution in [2.75, 3.05) is 45.8 Å². The Morgan fingerprint density at radius 1 is 1.16 bits per heavy atom. The van der Waals surface area contributed by atoms with Gasteiger partial charge in [-0.1, -0.05) is 6.92 Å². The minimum Gasteiger partial charge on any atom is -0.481 e. The summed E-state index contributed by atoms with van der Waals surface area (Å²) in [4.78, 5) is 28.6. The van der Waals surface area contributed by atoms with Crippen molar-refractivity contribution in [1.82, 2.24) is 14.7 Å². The van der Waals surface area contributed by atoms with Crippen LogP contribution in [-0.2, 0) is 4.79 Å². The predicted molar refractivity (Wildman–Crippen MR) is 73.2 cm³/mol. The van der Waals surface area contributed by atoms with Crippen molar-refractivity contribution in [3.8, 4) is 0 Å². The minimum atomic E-state index is -0.862. The molecule has 0 aliphatic carbocycles. The monoisotopic (exact) mass is 271 g/mol. The molecule has 1 aliphatic rings. The van der Waals surface area contributed by atoms with Gasteiger partial charge in [-0.25, -0.2) is 4.79 Å². The van der Waals surface area contributed by atoms with Crippen molar-refractivity contribution in [2.24, 2.45) is 0 Å². The Hall–Kier alpha value is -1.30. The number of urea groups is 1. The van der Waals surface area contributed by atoms with Crippen LogP contribution in [0.1, 0.15) is 26.7 Å². The van der Waals surface area contributed by atoms with E-state index in [1.54, 1.807) is 4.90 Å². The molecule has 6 nitrogen and oxygen atoms in total. The molecule has 0 spiro atoms. The van der Waals surface area contributed by atoms with E-state index in [0.29, 0.717) is 13.1 Å². The standard InChI is InChI=1S/C13H25N3O3/c1-3-6-14-8-10-16(11-9-14)13(19)15(4-2)7-5-12(17)18/h3-11H2,1-2H3,(H,17,18). The van der Waals surface area contributed by atoms with Gasteiger partial charge in [-0.15, -0.1) is 0 Å². The van der Waals surface area contributed by atoms with Crippen LogP contribution in [0.25, 0.3) is 0 Å². The second kappa shape index (κ2) is 7.99. The van der Waals surface area contributed by atoms with Crippen LogP contribution in [0.15, 0.2) is 0 Å². The number of carboxylic acid groups (broad SMARTS) is 1. The smallest absolute Gasteiger partial charge is 0.320 e. The molecule has 0 saturated carbocycles. The van der Waals surface area contributed by atoms with Gasteiger partial charge in [0.2, 0.25) is 0 Å². The van der Waals surface area contributed by atoms with E-state index in [1.165, 1.54) is 0 Å². The van der Waals surface area contributed by atoms with Crippen LogP contribution in [0.3, 0.4) is 0 Å². The summed E-state index contributed by atoms with van der Waals surface area (Å²) in [5.74, 6) is -0.862. The van der Waals surface area contributed by atoms with Gasteiger partial charge in [0.25, 0.3) is 0 Å². The molecular formula is C13H25N3O3. The van der Waals surface area contributed by atoms with Gasteiger partial charge in [-0.2, -0.15) is 0 Å². The number of hydrogen-bond acceptors (Lipinski definition) is 3. The Morgan fingerprint density at radius 3 is 2.26 bits per heavy atom. The molecule has 6 heteroatoms. The van der Waals surface area contributed by atoms with Crippen LogP contribution in [0.2, 0.25) is 0 Å². The average Bonchev–Trinajstić information content (AvgIpc) is 2.40. The molecule has 1 N–H and O–H groups in total. The molecular weight excluding hydrogens is 246 g/mol. The quantitative estimate of drug-likeness (QED) is 0.780. The van der Waals surface area contributed by atoms with Gasteiger partial charge in [-0.3, -0.25) is 9.69 Å². The largest absolute Gasteiger partial charge is 0.481 e. The summed E-state index contributed by atoms with van der Waals surface area (Å²) in [6.45, 7) is 9.27. The summed E-state index contributed by atoms with van der Waals surface area (Å²) in [5.41, 5.74) is 0. The van der Waals surface area contributed by atoms with E-state index in [4.69, 9.17) is 5.11 Å². The van der Waals surface area contributed by atoms with Gasteiger partial charge in [0.15, 0.2) is 0 Å².